The molecule has 0 unspecified atom stereocenters. The third-order valence-corrected chi connectivity index (χ3v) is 5.29. The summed E-state index contributed by atoms with van der Waals surface area (Å²) in [5.41, 5.74) is -0.0289. The molecule has 0 bridgehead atoms. The van der Waals surface area contributed by atoms with Crippen molar-refractivity contribution in [1.82, 2.24) is 24.4 Å². The van der Waals surface area contributed by atoms with E-state index >= 15 is 0 Å². The Hall–Kier alpha value is -1.99. The zero-order valence-corrected chi connectivity index (χ0v) is 14.3. The van der Waals surface area contributed by atoms with Gasteiger partial charge in [0.1, 0.15) is 5.82 Å². The Morgan fingerprint density at radius 3 is 2.88 bits per heavy atom. The molecule has 2 aromatic heterocycles. The summed E-state index contributed by atoms with van der Waals surface area (Å²) in [4.78, 5) is 17.7. The maximum atomic E-state index is 6.27. The first-order valence-electron chi connectivity index (χ1n) is 8.48. The Morgan fingerprint density at radius 2 is 2.12 bits per heavy atom. The number of ether oxygens (including phenoxy) is 1. The van der Waals surface area contributed by atoms with Gasteiger partial charge in [-0.25, -0.2) is 15.0 Å². The standard InChI is InChI=1S/C17H24N6O/c1-21-9-7-18-15(21)11-23-8-4-17(13-23)10-14(12-24-17)22(2)16-19-5-3-6-20-16/h3,5-7,9,14H,4,8,10-13H2,1-2H3/t14-,17-/m1/s1. The van der Waals surface area contributed by atoms with Crippen LogP contribution in [-0.2, 0) is 18.3 Å². The third kappa shape index (κ3) is 2.89. The molecule has 24 heavy (non-hydrogen) atoms. The fraction of sp³-hybridized carbons (Fsp3) is 0.588. The summed E-state index contributed by atoms with van der Waals surface area (Å²) in [5, 5.41) is 0. The topological polar surface area (TPSA) is 59.3 Å². The second kappa shape index (κ2) is 6.14. The van der Waals surface area contributed by atoms with Crippen LogP contribution in [0.4, 0.5) is 5.95 Å². The van der Waals surface area contributed by atoms with Crippen molar-refractivity contribution < 1.29 is 4.74 Å². The second-order valence-corrected chi connectivity index (χ2v) is 6.93. The van der Waals surface area contributed by atoms with E-state index in [0.717, 1.165) is 50.9 Å². The quantitative estimate of drug-likeness (QED) is 0.837. The average Bonchev–Trinajstić information content (AvgIpc) is 3.31. The summed E-state index contributed by atoms with van der Waals surface area (Å²) < 4.78 is 8.36. The lowest BCUT2D eigenvalue weighted by Gasteiger charge is -2.26. The van der Waals surface area contributed by atoms with Crippen LogP contribution in [0.3, 0.4) is 0 Å². The van der Waals surface area contributed by atoms with Gasteiger partial charge >= 0.3 is 0 Å². The zero-order chi connectivity index (χ0) is 16.6. The molecule has 0 N–H and O–H groups in total. The molecule has 2 aliphatic heterocycles. The number of nitrogens with zero attached hydrogens (tertiary/aromatic N) is 6. The Morgan fingerprint density at radius 1 is 1.29 bits per heavy atom. The lowest BCUT2D eigenvalue weighted by Crippen LogP contribution is -2.37. The number of aryl methyl sites for hydroxylation is 1. The molecule has 7 heteroatoms. The molecular formula is C17H24N6O. The van der Waals surface area contributed by atoms with Crippen molar-refractivity contribution in [2.24, 2.45) is 7.05 Å². The molecule has 2 saturated heterocycles. The number of imidazole rings is 1. The predicted octanol–water partition coefficient (Wildman–Crippen LogP) is 1.08. The normalized spacial score (nSPS) is 27.2. The number of likely N-dealkylation sites (tertiary alicyclic amines) is 1. The van der Waals surface area contributed by atoms with Crippen LogP contribution in [0, 0.1) is 0 Å². The summed E-state index contributed by atoms with van der Waals surface area (Å²) in [6, 6.07) is 2.18. The van der Waals surface area contributed by atoms with E-state index in [2.05, 4.69) is 36.4 Å². The average molecular weight is 328 g/mol. The molecule has 128 valence electrons. The van der Waals surface area contributed by atoms with Crippen LogP contribution in [-0.4, -0.2) is 62.8 Å². The molecule has 7 nitrogen and oxygen atoms in total. The lowest BCUT2D eigenvalue weighted by molar-refractivity contribution is 0.0116. The molecular weight excluding hydrogens is 304 g/mol. The van der Waals surface area contributed by atoms with E-state index in [1.54, 1.807) is 12.4 Å². The molecule has 4 heterocycles. The van der Waals surface area contributed by atoms with Crippen molar-refractivity contribution in [3.8, 4) is 0 Å². The van der Waals surface area contributed by atoms with Crippen LogP contribution in [0.15, 0.2) is 30.9 Å². The van der Waals surface area contributed by atoms with E-state index in [1.807, 2.05) is 25.5 Å². The Labute approximate surface area is 142 Å². The van der Waals surface area contributed by atoms with Gasteiger partial charge in [0.25, 0.3) is 0 Å². The fourth-order valence-corrected chi connectivity index (χ4v) is 3.80. The number of hydrogen-bond donors (Lipinski definition) is 0. The highest BCUT2D eigenvalue weighted by Gasteiger charge is 2.46. The summed E-state index contributed by atoms with van der Waals surface area (Å²) in [6.45, 7) is 3.66. The van der Waals surface area contributed by atoms with Crippen molar-refractivity contribution in [2.45, 2.75) is 31.0 Å². The van der Waals surface area contributed by atoms with Crippen LogP contribution in [0.2, 0.25) is 0 Å². The minimum Gasteiger partial charge on any atom is -0.371 e. The smallest absolute Gasteiger partial charge is 0.225 e. The highest BCUT2D eigenvalue weighted by Crippen LogP contribution is 2.37. The van der Waals surface area contributed by atoms with Gasteiger partial charge in [-0.1, -0.05) is 0 Å². The van der Waals surface area contributed by atoms with E-state index in [4.69, 9.17) is 4.74 Å². The first-order valence-corrected chi connectivity index (χ1v) is 8.48. The van der Waals surface area contributed by atoms with Crippen molar-refractivity contribution in [2.75, 3.05) is 31.6 Å². The highest BCUT2D eigenvalue weighted by atomic mass is 16.5. The maximum absolute atomic E-state index is 6.27. The van der Waals surface area contributed by atoms with Gasteiger partial charge in [0, 0.05) is 58.4 Å². The minimum atomic E-state index is -0.0289. The maximum Gasteiger partial charge on any atom is 0.225 e. The van der Waals surface area contributed by atoms with Gasteiger partial charge in [-0.15, -0.1) is 0 Å². The summed E-state index contributed by atoms with van der Waals surface area (Å²) in [5.74, 6) is 1.88. The van der Waals surface area contributed by atoms with E-state index in [1.165, 1.54) is 0 Å². The number of likely N-dealkylation sites (N-methyl/N-ethyl adjacent to an activating group) is 1. The molecule has 2 aliphatic rings. The number of hydrogen-bond acceptors (Lipinski definition) is 6. The number of anilines is 1. The second-order valence-electron chi connectivity index (χ2n) is 6.93. The highest BCUT2D eigenvalue weighted by molar-refractivity contribution is 5.30. The first-order chi connectivity index (χ1) is 11.7. The largest absolute Gasteiger partial charge is 0.371 e. The lowest BCUT2D eigenvalue weighted by atomic mass is 9.97. The molecule has 0 aromatic carbocycles. The van der Waals surface area contributed by atoms with Crippen LogP contribution in [0.5, 0.6) is 0 Å². The minimum absolute atomic E-state index is 0.0289. The van der Waals surface area contributed by atoms with E-state index < -0.39 is 0 Å². The molecule has 2 aromatic rings. The van der Waals surface area contributed by atoms with Crippen LogP contribution in [0.1, 0.15) is 18.7 Å². The van der Waals surface area contributed by atoms with Crippen LogP contribution in [0.25, 0.3) is 0 Å². The van der Waals surface area contributed by atoms with Crippen molar-refractivity contribution in [3.05, 3.63) is 36.7 Å². The summed E-state index contributed by atoms with van der Waals surface area (Å²) >= 11 is 0. The molecule has 2 atom stereocenters. The van der Waals surface area contributed by atoms with Gasteiger partial charge in [-0.3, -0.25) is 4.90 Å². The molecule has 4 rings (SSSR count). The Bertz CT molecular complexity index is 689. The van der Waals surface area contributed by atoms with Crippen LogP contribution >= 0.6 is 0 Å². The number of aromatic nitrogens is 4. The summed E-state index contributed by atoms with van der Waals surface area (Å²) in [7, 11) is 4.11. The fourth-order valence-electron chi connectivity index (χ4n) is 3.80. The molecule has 0 amide bonds. The van der Waals surface area contributed by atoms with E-state index in [9.17, 15) is 0 Å². The number of rotatable bonds is 4. The monoisotopic (exact) mass is 328 g/mol. The van der Waals surface area contributed by atoms with Crippen molar-refractivity contribution in [1.29, 1.82) is 0 Å². The molecule has 0 radical (unpaired) electrons. The Kier molecular flexibility index (Phi) is 3.97. The van der Waals surface area contributed by atoms with Gasteiger partial charge in [-0.2, -0.15) is 0 Å². The summed E-state index contributed by atoms with van der Waals surface area (Å²) in [6.07, 6.45) is 9.54. The SMILES string of the molecule is CN(c1ncccn1)[C@H]1CO[C@]2(CCN(Cc3nccn3C)C2)C1. The predicted molar refractivity (Wildman–Crippen MR) is 90.6 cm³/mol. The van der Waals surface area contributed by atoms with Crippen LogP contribution < -0.4 is 4.90 Å². The van der Waals surface area contributed by atoms with E-state index in [0.29, 0.717) is 6.04 Å². The van der Waals surface area contributed by atoms with Gasteiger partial charge in [0.2, 0.25) is 5.95 Å². The molecule has 0 saturated carbocycles. The van der Waals surface area contributed by atoms with Crippen molar-refractivity contribution >= 4 is 5.95 Å². The van der Waals surface area contributed by atoms with Gasteiger partial charge < -0.3 is 14.2 Å². The molecule has 1 spiro atoms. The molecule has 2 fully saturated rings. The van der Waals surface area contributed by atoms with Gasteiger partial charge in [-0.05, 0) is 12.5 Å². The zero-order valence-electron chi connectivity index (χ0n) is 14.3. The van der Waals surface area contributed by atoms with Gasteiger partial charge in [0.05, 0.1) is 24.8 Å². The van der Waals surface area contributed by atoms with E-state index in [-0.39, 0.29) is 5.60 Å². The van der Waals surface area contributed by atoms with Gasteiger partial charge in [0.15, 0.2) is 0 Å². The molecule has 0 aliphatic carbocycles. The Balaban J connectivity index is 1.39. The first kappa shape index (κ1) is 15.5. The van der Waals surface area contributed by atoms with Crippen molar-refractivity contribution in [3.63, 3.8) is 0 Å². The third-order valence-electron chi connectivity index (χ3n) is 5.29.